The molecule has 2 aliphatic rings. The van der Waals surface area contributed by atoms with E-state index in [1.165, 1.54) is 29.2 Å². The van der Waals surface area contributed by atoms with Gasteiger partial charge in [-0.05, 0) is 54.7 Å². The van der Waals surface area contributed by atoms with Gasteiger partial charge in [-0.2, -0.15) is 5.10 Å². The summed E-state index contributed by atoms with van der Waals surface area (Å²) in [5, 5.41) is 6.51. The zero-order valence-corrected chi connectivity index (χ0v) is 21.2. The van der Waals surface area contributed by atoms with Crippen LogP contribution in [-0.4, -0.2) is 50.2 Å². The van der Waals surface area contributed by atoms with Gasteiger partial charge in [-0.1, -0.05) is 42.4 Å². The van der Waals surface area contributed by atoms with E-state index in [0.717, 1.165) is 60.6 Å². The van der Waals surface area contributed by atoms with Crippen LogP contribution in [0.3, 0.4) is 0 Å². The van der Waals surface area contributed by atoms with Crippen molar-refractivity contribution in [1.82, 2.24) is 24.6 Å². The molecule has 188 valence electrons. The maximum absolute atomic E-state index is 12.3. The Hall–Kier alpha value is -3.91. The number of carbonyl (C=O) groups excluding carboxylic acids is 1. The number of likely N-dealkylation sites (tertiary alicyclic amines) is 1. The Kier molecular flexibility index (Phi) is 6.04. The minimum absolute atomic E-state index is 0.00575. The van der Waals surface area contributed by atoms with Gasteiger partial charge in [-0.25, -0.2) is 14.6 Å². The summed E-state index contributed by atoms with van der Waals surface area (Å²) in [5.41, 5.74) is 12.5. The van der Waals surface area contributed by atoms with E-state index in [1.54, 1.807) is 0 Å². The molecule has 1 fully saturated rings. The van der Waals surface area contributed by atoms with Gasteiger partial charge in [-0.15, -0.1) is 0 Å². The lowest BCUT2D eigenvalue weighted by Crippen LogP contribution is -2.40. The SMILES string of the molecule is C=CC(=O)N1CCCC(n2nc(-c3ccc(CN4CCc5cc(Cl)ccc54)cc3)c3c(N)ncnc32)C1. The summed E-state index contributed by atoms with van der Waals surface area (Å²) in [6, 6.07) is 14.6. The molecule has 0 bridgehead atoms. The molecule has 0 aliphatic carbocycles. The van der Waals surface area contributed by atoms with Crippen molar-refractivity contribution >= 4 is 40.0 Å². The maximum atomic E-state index is 12.3. The van der Waals surface area contributed by atoms with Gasteiger partial charge >= 0.3 is 0 Å². The first kappa shape index (κ1) is 23.5. The van der Waals surface area contributed by atoms with Crippen LogP contribution in [0.4, 0.5) is 11.5 Å². The van der Waals surface area contributed by atoms with Crippen molar-refractivity contribution < 1.29 is 4.79 Å². The zero-order chi connectivity index (χ0) is 25.5. The van der Waals surface area contributed by atoms with Gasteiger partial charge in [0.1, 0.15) is 17.8 Å². The van der Waals surface area contributed by atoms with Crippen LogP contribution in [0.1, 0.15) is 30.0 Å². The van der Waals surface area contributed by atoms with Gasteiger partial charge in [-0.3, -0.25) is 4.79 Å². The number of fused-ring (bicyclic) bond motifs is 2. The molecule has 8 nitrogen and oxygen atoms in total. The second-order valence-corrected chi connectivity index (χ2v) is 10.1. The number of carbonyl (C=O) groups is 1. The number of aromatic nitrogens is 4. The summed E-state index contributed by atoms with van der Waals surface area (Å²) in [6.45, 7) is 6.72. The monoisotopic (exact) mass is 513 g/mol. The Morgan fingerprint density at radius 3 is 2.81 bits per heavy atom. The molecule has 37 heavy (non-hydrogen) atoms. The predicted molar refractivity (Wildman–Crippen MR) is 146 cm³/mol. The second-order valence-electron chi connectivity index (χ2n) is 9.68. The molecule has 1 unspecified atom stereocenters. The lowest BCUT2D eigenvalue weighted by molar-refractivity contribution is -0.127. The van der Waals surface area contributed by atoms with E-state index < -0.39 is 0 Å². The van der Waals surface area contributed by atoms with Crippen LogP contribution in [0.2, 0.25) is 5.02 Å². The van der Waals surface area contributed by atoms with E-state index in [1.807, 2.05) is 15.6 Å². The summed E-state index contributed by atoms with van der Waals surface area (Å²) in [7, 11) is 0. The van der Waals surface area contributed by atoms with Crippen molar-refractivity contribution in [2.75, 3.05) is 30.3 Å². The molecule has 2 N–H and O–H groups in total. The first-order valence-corrected chi connectivity index (χ1v) is 12.9. The maximum Gasteiger partial charge on any atom is 0.246 e. The minimum Gasteiger partial charge on any atom is -0.383 e. The molecule has 1 atom stereocenters. The molecule has 4 aromatic rings. The highest BCUT2D eigenvalue weighted by molar-refractivity contribution is 6.30. The average Bonchev–Trinajstić information content (AvgIpc) is 3.51. The molecule has 2 aromatic heterocycles. The lowest BCUT2D eigenvalue weighted by atomic mass is 10.1. The number of nitrogens with two attached hydrogens (primary N) is 1. The lowest BCUT2D eigenvalue weighted by Gasteiger charge is -2.32. The highest BCUT2D eigenvalue weighted by Gasteiger charge is 2.28. The standard InChI is InChI=1S/C28H28ClN7O/c1-2-24(37)35-12-3-4-22(16-35)36-28-25(27(30)31-17-32-28)26(33-36)19-7-5-18(6-8-19)15-34-13-11-20-14-21(29)9-10-23(20)34/h2,5-10,14,17,22H,1,3-4,11-13,15-16H2,(H2,30,31,32). The van der Waals surface area contributed by atoms with Gasteiger partial charge < -0.3 is 15.5 Å². The van der Waals surface area contributed by atoms with Crippen LogP contribution < -0.4 is 10.6 Å². The number of piperidine rings is 1. The van der Waals surface area contributed by atoms with Crippen LogP contribution in [-0.2, 0) is 17.8 Å². The van der Waals surface area contributed by atoms with Crippen molar-refractivity contribution in [2.45, 2.75) is 31.8 Å². The van der Waals surface area contributed by atoms with E-state index in [0.29, 0.717) is 18.0 Å². The second kappa shape index (κ2) is 9.52. The highest BCUT2D eigenvalue weighted by Crippen LogP contribution is 2.35. The third kappa shape index (κ3) is 4.31. The number of anilines is 2. The van der Waals surface area contributed by atoms with E-state index in [9.17, 15) is 4.79 Å². The topological polar surface area (TPSA) is 93.2 Å². The van der Waals surface area contributed by atoms with Crippen molar-refractivity contribution in [3.63, 3.8) is 0 Å². The first-order chi connectivity index (χ1) is 18.0. The van der Waals surface area contributed by atoms with E-state index in [2.05, 4.69) is 57.8 Å². The number of hydrogen-bond donors (Lipinski definition) is 1. The molecule has 1 amide bonds. The Balaban J connectivity index is 1.30. The van der Waals surface area contributed by atoms with Crippen LogP contribution in [0.25, 0.3) is 22.3 Å². The highest BCUT2D eigenvalue weighted by atomic mass is 35.5. The minimum atomic E-state index is -0.0603. The molecular weight excluding hydrogens is 486 g/mol. The quantitative estimate of drug-likeness (QED) is 0.391. The van der Waals surface area contributed by atoms with Gasteiger partial charge in [0.25, 0.3) is 0 Å². The first-order valence-electron chi connectivity index (χ1n) is 12.5. The Morgan fingerprint density at radius 2 is 2.00 bits per heavy atom. The molecule has 6 rings (SSSR count). The molecule has 0 radical (unpaired) electrons. The number of rotatable bonds is 5. The predicted octanol–water partition coefficient (Wildman–Crippen LogP) is 4.64. The Labute approximate surface area is 220 Å². The van der Waals surface area contributed by atoms with E-state index in [4.69, 9.17) is 22.4 Å². The van der Waals surface area contributed by atoms with Crippen LogP contribution >= 0.6 is 11.6 Å². The van der Waals surface area contributed by atoms with Crippen molar-refractivity contribution in [3.05, 3.63) is 77.6 Å². The van der Waals surface area contributed by atoms with Crippen molar-refractivity contribution in [1.29, 1.82) is 0 Å². The summed E-state index contributed by atoms with van der Waals surface area (Å²) >= 11 is 6.17. The van der Waals surface area contributed by atoms with E-state index in [-0.39, 0.29) is 11.9 Å². The third-order valence-electron chi connectivity index (χ3n) is 7.38. The normalized spacial score (nSPS) is 17.3. The number of amides is 1. The van der Waals surface area contributed by atoms with Gasteiger partial charge in [0.2, 0.25) is 5.91 Å². The molecule has 2 aliphatic heterocycles. The molecular formula is C28H28ClN7O. The zero-order valence-electron chi connectivity index (χ0n) is 20.5. The molecule has 4 heterocycles. The largest absolute Gasteiger partial charge is 0.383 e. The summed E-state index contributed by atoms with van der Waals surface area (Å²) in [5.74, 6) is 0.340. The van der Waals surface area contributed by atoms with Crippen LogP contribution in [0.15, 0.2) is 61.4 Å². The molecule has 1 saturated heterocycles. The van der Waals surface area contributed by atoms with Crippen LogP contribution in [0, 0.1) is 0 Å². The van der Waals surface area contributed by atoms with E-state index >= 15 is 0 Å². The molecule has 0 spiro atoms. The van der Waals surface area contributed by atoms with Crippen molar-refractivity contribution in [3.8, 4) is 11.3 Å². The fourth-order valence-corrected chi connectivity index (χ4v) is 5.72. The van der Waals surface area contributed by atoms with Gasteiger partial charge in [0.05, 0.1) is 11.4 Å². The molecule has 9 heteroatoms. The summed E-state index contributed by atoms with van der Waals surface area (Å²) < 4.78 is 1.92. The number of nitrogens with zero attached hydrogens (tertiary/aromatic N) is 6. The van der Waals surface area contributed by atoms with Crippen LogP contribution in [0.5, 0.6) is 0 Å². The fourth-order valence-electron chi connectivity index (χ4n) is 5.53. The third-order valence-corrected chi connectivity index (χ3v) is 7.62. The summed E-state index contributed by atoms with van der Waals surface area (Å²) in [4.78, 5) is 25.2. The molecule has 2 aromatic carbocycles. The Morgan fingerprint density at radius 1 is 1.16 bits per heavy atom. The average molecular weight is 514 g/mol. The van der Waals surface area contributed by atoms with Crippen molar-refractivity contribution in [2.24, 2.45) is 0 Å². The number of hydrogen-bond acceptors (Lipinski definition) is 6. The van der Waals surface area contributed by atoms with Gasteiger partial charge in [0, 0.05) is 42.5 Å². The van der Waals surface area contributed by atoms with Gasteiger partial charge in [0.15, 0.2) is 5.65 Å². The fraction of sp³-hybridized carbons (Fsp3) is 0.286. The number of halogens is 1. The smallest absolute Gasteiger partial charge is 0.246 e. The number of benzene rings is 2. The molecule has 0 saturated carbocycles. The Bertz CT molecular complexity index is 1500. The number of nitrogen functional groups attached to an aromatic ring is 1. The summed E-state index contributed by atoms with van der Waals surface area (Å²) in [6.07, 6.45) is 5.64.